The summed E-state index contributed by atoms with van der Waals surface area (Å²) in [4.78, 5) is 0.159. The summed E-state index contributed by atoms with van der Waals surface area (Å²) in [6, 6.07) is 17.0. The summed E-state index contributed by atoms with van der Waals surface area (Å²) in [7, 11) is 1.71. The van der Waals surface area contributed by atoms with Crippen molar-refractivity contribution in [3.05, 3.63) is 65.2 Å². The fraction of sp³-hybridized carbons (Fsp3) is 0.333. The van der Waals surface area contributed by atoms with Crippen LogP contribution in [-0.4, -0.2) is 7.11 Å². The van der Waals surface area contributed by atoms with Crippen LogP contribution in [0.3, 0.4) is 0 Å². The molecule has 106 valence electrons. The first-order valence-corrected chi connectivity index (χ1v) is 7.89. The minimum Gasteiger partial charge on any atom is -0.496 e. The van der Waals surface area contributed by atoms with E-state index in [1.54, 1.807) is 7.11 Å². The van der Waals surface area contributed by atoms with Crippen molar-refractivity contribution >= 4 is 15.9 Å². The number of hydrogen-bond acceptors (Lipinski definition) is 1. The molecule has 0 radical (unpaired) electrons. The highest BCUT2D eigenvalue weighted by Crippen LogP contribution is 2.36. The van der Waals surface area contributed by atoms with Gasteiger partial charge in [-0.05, 0) is 29.5 Å². The molecule has 0 aliphatic heterocycles. The number of methoxy groups -OCH3 is 1. The van der Waals surface area contributed by atoms with Gasteiger partial charge < -0.3 is 4.74 Å². The monoisotopic (exact) mass is 332 g/mol. The van der Waals surface area contributed by atoms with Crippen LogP contribution in [0.25, 0.3) is 0 Å². The Morgan fingerprint density at radius 3 is 2.25 bits per heavy atom. The highest BCUT2D eigenvalue weighted by atomic mass is 79.9. The summed E-state index contributed by atoms with van der Waals surface area (Å²) in [6.45, 7) is 4.49. The molecule has 2 heteroatoms. The van der Waals surface area contributed by atoms with E-state index >= 15 is 0 Å². The van der Waals surface area contributed by atoms with Gasteiger partial charge in [0, 0.05) is 5.56 Å². The molecule has 0 amide bonds. The number of rotatable bonds is 5. The molecule has 0 N–H and O–H groups in total. The average Bonchev–Trinajstić information content (AvgIpc) is 2.46. The number of alkyl halides is 1. The Bertz CT molecular complexity index is 546. The van der Waals surface area contributed by atoms with E-state index in [-0.39, 0.29) is 4.83 Å². The lowest BCUT2D eigenvalue weighted by atomic mass is 9.99. The Labute approximate surface area is 130 Å². The van der Waals surface area contributed by atoms with Gasteiger partial charge in [0.25, 0.3) is 0 Å². The molecule has 1 nitrogen and oxygen atoms in total. The van der Waals surface area contributed by atoms with Gasteiger partial charge in [-0.25, -0.2) is 0 Å². The summed E-state index contributed by atoms with van der Waals surface area (Å²) >= 11 is 3.78. The molecule has 20 heavy (non-hydrogen) atoms. The van der Waals surface area contributed by atoms with Crippen LogP contribution in [0, 0.1) is 5.92 Å². The smallest absolute Gasteiger partial charge is 0.123 e. The average molecular weight is 333 g/mol. The van der Waals surface area contributed by atoms with Gasteiger partial charge in [-0.1, -0.05) is 72.2 Å². The van der Waals surface area contributed by atoms with Gasteiger partial charge in [0.05, 0.1) is 11.9 Å². The zero-order valence-corrected chi connectivity index (χ0v) is 13.9. The van der Waals surface area contributed by atoms with Gasteiger partial charge >= 0.3 is 0 Å². The van der Waals surface area contributed by atoms with Crippen molar-refractivity contribution in [3.63, 3.8) is 0 Å². The Balaban J connectivity index is 2.22. The van der Waals surface area contributed by atoms with Crippen LogP contribution in [0.2, 0.25) is 0 Å². The van der Waals surface area contributed by atoms with E-state index in [9.17, 15) is 0 Å². The SMILES string of the molecule is COc1ccccc1C(Br)c1ccc(CC(C)C)cc1. The predicted molar refractivity (Wildman–Crippen MR) is 88.7 cm³/mol. The summed E-state index contributed by atoms with van der Waals surface area (Å²) < 4.78 is 5.43. The fourth-order valence-corrected chi connectivity index (χ4v) is 3.03. The van der Waals surface area contributed by atoms with E-state index in [4.69, 9.17) is 4.74 Å². The van der Waals surface area contributed by atoms with E-state index in [1.807, 2.05) is 18.2 Å². The van der Waals surface area contributed by atoms with E-state index in [1.165, 1.54) is 11.1 Å². The molecule has 0 saturated carbocycles. The molecule has 0 heterocycles. The van der Waals surface area contributed by atoms with Gasteiger partial charge in [0.15, 0.2) is 0 Å². The fourth-order valence-electron chi connectivity index (χ4n) is 2.35. The second-order valence-corrected chi connectivity index (χ2v) is 6.36. The number of benzene rings is 2. The second-order valence-electron chi connectivity index (χ2n) is 5.44. The highest BCUT2D eigenvalue weighted by Gasteiger charge is 2.14. The van der Waals surface area contributed by atoms with E-state index in [2.05, 4.69) is 60.1 Å². The van der Waals surface area contributed by atoms with E-state index in [0.29, 0.717) is 5.92 Å². The summed E-state index contributed by atoms with van der Waals surface area (Å²) in [5.41, 5.74) is 3.80. The largest absolute Gasteiger partial charge is 0.496 e. The Morgan fingerprint density at radius 1 is 1.00 bits per heavy atom. The zero-order valence-electron chi connectivity index (χ0n) is 12.3. The first-order valence-electron chi connectivity index (χ1n) is 6.97. The Hall–Kier alpha value is -1.28. The number of halogens is 1. The first-order chi connectivity index (χ1) is 9.61. The summed E-state index contributed by atoms with van der Waals surface area (Å²) in [5, 5.41) is 0. The van der Waals surface area contributed by atoms with E-state index < -0.39 is 0 Å². The number of para-hydroxylation sites is 1. The third-order valence-corrected chi connectivity index (χ3v) is 4.35. The molecule has 1 atom stereocenters. The van der Waals surface area contributed by atoms with Crippen molar-refractivity contribution < 1.29 is 4.74 Å². The van der Waals surface area contributed by atoms with Crippen LogP contribution in [0.1, 0.15) is 35.4 Å². The zero-order chi connectivity index (χ0) is 14.5. The van der Waals surface area contributed by atoms with Crippen molar-refractivity contribution in [2.75, 3.05) is 7.11 Å². The topological polar surface area (TPSA) is 9.23 Å². The first kappa shape index (κ1) is 15.1. The van der Waals surface area contributed by atoms with Crippen LogP contribution in [0.15, 0.2) is 48.5 Å². The molecule has 2 rings (SSSR count). The molecule has 1 unspecified atom stereocenters. The van der Waals surface area contributed by atoms with Gasteiger partial charge in [-0.2, -0.15) is 0 Å². The molecule has 0 spiro atoms. The lowest BCUT2D eigenvalue weighted by Crippen LogP contribution is -1.98. The maximum absolute atomic E-state index is 5.43. The van der Waals surface area contributed by atoms with Crippen LogP contribution >= 0.6 is 15.9 Å². The Kier molecular flexibility index (Phi) is 5.24. The molecule has 0 aliphatic carbocycles. The summed E-state index contributed by atoms with van der Waals surface area (Å²) in [5.74, 6) is 1.61. The van der Waals surface area contributed by atoms with Gasteiger partial charge in [0.2, 0.25) is 0 Å². The van der Waals surface area contributed by atoms with Crippen molar-refractivity contribution in [1.29, 1.82) is 0 Å². The Morgan fingerprint density at radius 2 is 1.65 bits per heavy atom. The minimum absolute atomic E-state index is 0.159. The standard InChI is InChI=1S/C18H21BrO/c1-13(2)12-14-8-10-15(11-9-14)18(19)16-6-4-5-7-17(16)20-3/h4-11,13,18H,12H2,1-3H3. The minimum atomic E-state index is 0.159. The molecule has 2 aromatic carbocycles. The van der Waals surface area contributed by atoms with Gasteiger partial charge in [0.1, 0.15) is 5.75 Å². The highest BCUT2D eigenvalue weighted by molar-refractivity contribution is 9.09. The molecule has 0 saturated heterocycles. The van der Waals surface area contributed by atoms with Gasteiger partial charge in [-0.15, -0.1) is 0 Å². The third kappa shape index (κ3) is 3.63. The number of ether oxygens (including phenoxy) is 1. The number of hydrogen-bond donors (Lipinski definition) is 0. The third-order valence-electron chi connectivity index (χ3n) is 3.33. The van der Waals surface area contributed by atoms with Gasteiger partial charge in [-0.3, -0.25) is 0 Å². The summed E-state index contributed by atoms with van der Waals surface area (Å²) in [6.07, 6.45) is 1.13. The molecular formula is C18H21BrO. The van der Waals surface area contributed by atoms with Crippen molar-refractivity contribution in [1.82, 2.24) is 0 Å². The maximum Gasteiger partial charge on any atom is 0.123 e. The quantitative estimate of drug-likeness (QED) is 0.668. The molecule has 0 aliphatic rings. The predicted octanol–water partition coefficient (Wildman–Crippen LogP) is 5.38. The molecule has 0 aromatic heterocycles. The molecule has 2 aromatic rings. The van der Waals surface area contributed by atoms with Crippen LogP contribution in [0.4, 0.5) is 0 Å². The molecule has 0 fully saturated rings. The van der Waals surface area contributed by atoms with Crippen molar-refractivity contribution in [2.45, 2.75) is 25.1 Å². The normalized spacial score (nSPS) is 12.4. The van der Waals surface area contributed by atoms with Crippen LogP contribution in [-0.2, 0) is 6.42 Å². The molecule has 0 bridgehead atoms. The van der Waals surface area contributed by atoms with E-state index in [0.717, 1.165) is 17.7 Å². The van der Waals surface area contributed by atoms with Crippen molar-refractivity contribution in [2.24, 2.45) is 5.92 Å². The molecular weight excluding hydrogens is 312 g/mol. The van der Waals surface area contributed by atoms with Crippen LogP contribution in [0.5, 0.6) is 5.75 Å². The van der Waals surface area contributed by atoms with Crippen LogP contribution < -0.4 is 4.74 Å². The maximum atomic E-state index is 5.43. The lowest BCUT2D eigenvalue weighted by Gasteiger charge is -2.15. The van der Waals surface area contributed by atoms with Crippen molar-refractivity contribution in [3.8, 4) is 5.75 Å². The lowest BCUT2D eigenvalue weighted by molar-refractivity contribution is 0.410. The second kappa shape index (κ2) is 6.94.